The van der Waals surface area contributed by atoms with Gasteiger partial charge in [-0.05, 0) is 45.0 Å². The molecule has 6 nitrogen and oxygen atoms in total. The molecule has 0 saturated heterocycles. The number of carbonyl (C=O) groups is 2. The average molecular weight is 416 g/mol. The highest BCUT2D eigenvalue weighted by atomic mass is 35.5. The third kappa shape index (κ3) is 3.14. The standard InChI is InChI=1S/C20H18ClN3O3S/c1-11(28-19-23-14-9-8-12(21)10-16(14)27-19)17(25)24-15-7-5-4-6-13(15)22-18(26)20(24,2)3/h4-11H,1-3H3,(H,22,26)/t11-/m1/s1. The Morgan fingerprint density at radius 3 is 2.82 bits per heavy atom. The number of nitrogens with zero attached hydrogens (tertiary/aromatic N) is 2. The van der Waals surface area contributed by atoms with Crippen molar-refractivity contribution in [2.75, 3.05) is 10.2 Å². The van der Waals surface area contributed by atoms with Crippen LogP contribution in [0.4, 0.5) is 11.4 Å². The summed E-state index contributed by atoms with van der Waals surface area (Å²) in [5.41, 5.74) is 1.52. The summed E-state index contributed by atoms with van der Waals surface area (Å²) in [4.78, 5) is 31.9. The number of fused-ring (bicyclic) bond motifs is 2. The zero-order valence-corrected chi connectivity index (χ0v) is 17.1. The topological polar surface area (TPSA) is 75.4 Å². The first-order valence-electron chi connectivity index (χ1n) is 8.74. The minimum absolute atomic E-state index is 0.197. The fourth-order valence-electron chi connectivity index (χ4n) is 3.16. The van der Waals surface area contributed by atoms with Gasteiger partial charge in [-0.2, -0.15) is 0 Å². The average Bonchev–Trinajstić information content (AvgIpc) is 3.03. The van der Waals surface area contributed by atoms with Crippen LogP contribution in [-0.2, 0) is 9.59 Å². The number of benzene rings is 2. The van der Waals surface area contributed by atoms with Crippen molar-refractivity contribution in [2.24, 2.45) is 0 Å². The number of halogens is 1. The number of aromatic nitrogens is 1. The number of hydrogen-bond donors (Lipinski definition) is 1. The lowest BCUT2D eigenvalue weighted by Gasteiger charge is -2.42. The zero-order valence-electron chi connectivity index (χ0n) is 15.5. The van der Waals surface area contributed by atoms with Gasteiger partial charge >= 0.3 is 0 Å². The molecule has 0 fully saturated rings. The Hall–Kier alpha value is -2.51. The van der Waals surface area contributed by atoms with E-state index in [9.17, 15) is 9.59 Å². The summed E-state index contributed by atoms with van der Waals surface area (Å²) >= 11 is 7.20. The minimum Gasteiger partial charge on any atom is -0.431 e. The van der Waals surface area contributed by atoms with E-state index in [1.807, 2.05) is 18.2 Å². The van der Waals surface area contributed by atoms with Crippen LogP contribution in [0.3, 0.4) is 0 Å². The number of oxazole rings is 1. The minimum atomic E-state index is -1.02. The summed E-state index contributed by atoms with van der Waals surface area (Å²) in [5.74, 6) is -0.425. The third-order valence-electron chi connectivity index (χ3n) is 4.68. The van der Waals surface area contributed by atoms with Gasteiger partial charge in [-0.1, -0.05) is 35.5 Å². The first-order chi connectivity index (χ1) is 13.3. The summed E-state index contributed by atoms with van der Waals surface area (Å²) in [6, 6.07) is 12.5. The summed E-state index contributed by atoms with van der Waals surface area (Å²) in [6.45, 7) is 5.24. The van der Waals surface area contributed by atoms with Crippen LogP contribution >= 0.6 is 23.4 Å². The molecular weight excluding hydrogens is 398 g/mol. The first-order valence-corrected chi connectivity index (χ1v) is 10.0. The normalized spacial score (nSPS) is 16.6. The predicted octanol–water partition coefficient (Wildman–Crippen LogP) is 4.73. The highest BCUT2D eigenvalue weighted by molar-refractivity contribution is 8.00. The van der Waals surface area contributed by atoms with Gasteiger partial charge in [0.1, 0.15) is 11.1 Å². The van der Waals surface area contributed by atoms with E-state index in [1.54, 1.807) is 49.9 Å². The largest absolute Gasteiger partial charge is 0.431 e. The van der Waals surface area contributed by atoms with Crippen molar-refractivity contribution < 1.29 is 14.0 Å². The Bertz CT molecular complexity index is 1100. The van der Waals surface area contributed by atoms with Gasteiger partial charge in [0.15, 0.2) is 5.58 Å². The molecule has 0 spiro atoms. The molecule has 2 amide bonds. The van der Waals surface area contributed by atoms with E-state index in [1.165, 1.54) is 11.8 Å². The Balaban J connectivity index is 1.64. The van der Waals surface area contributed by atoms with E-state index in [4.69, 9.17) is 16.0 Å². The van der Waals surface area contributed by atoms with Crippen molar-refractivity contribution in [2.45, 2.75) is 36.8 Å². The molecule has 0 radical (unpaired) electrons. The van der Waals surface area contributed by atoms with Crippen molar-refractivity contribution in [1.29, 1.82) is 0 Å². The molecule has 1 aliphatic heterocycles. The molecule has 1 aliphatic rings. The maximum atomic E-state index is 13.3. The van der Waals surface area contributed by atoms with E-state index in [-0.39, 0.29) is 11.8 Å². The molecule has 1 aromatic heterocycles. The molecule has 2 aromatic carbocycles. The highest BCUT2D eigenvalue weighted by Gasteiger charge is 2.44. The lowest BCUT2D eigenvalue weighted by atomic mass is 9.96. The molecule has 2 heterocycles. The van der Waals surface area contributed by atoms with Gasteiger partial charge in [-0.25, -0.2) is 4.98 Å². The van der Waals surface area contributed by atoms with Crippen LogP contribution in [0.5, 0.6) is 0 Å². The van der Waals surface area contributed by atoms with Crippen LogP contribution in [0.15, 0.2) is 52.1 Å². The first kappa shape index (κ1) is 18.8. The summed E-state index contributed by atoms with van der Waals surface area (Å²) < 4.78 is 5.72. The number of thioether (sulfide) groups is 1. The summed E-state index contributed by atoms with van der Waals surface area (Å²) in [5, 5.41) is 3.29. The lowest BCUT2D eigenvalue weighted by molar-refractivity contribution is -0.126. The van der Waals surface area contributed by atoms with Gasteiger partial charge < -0.3 is 9.73 Å². The molecule has 1 N–H and O–H groups in total. The van der Waals surface area contributed by atoms with Crippen molar-refractivity contribution in [3.05, 3.63) is 47.5 Å². The van der Waals surface area contributed by atoms with Crippen LogP contribution in [0.2, 0.25) is 5.02 Å². The van der Waals surface area contributed by atoms with Gasteiger partial charge in [-0.15, -0.1) is 0 Å². The van der Waals surface area contributed by atoms with Crippen LogP contribution in [-0.4, -0.2) is 27.6 Å². The SMILES string of the molecule is C[C@@H](Sc1nc2ccc(Cl)cc2o1)C(=O)N1c2ccccc2NC(=O)C1(C)C. The molecule has 144 valence electrons. The van der Waals surface area contributed by atoms with Gasteiger partial charge in [-0.3, -0.25) is 14.5 Å². The Kier molecular flexibility index (Phi) is 4.59. The molecule has 0 saturated carbocycles. The van der Waals surface area contributed by atoms with E-state index in [2.05, 4.69) is 10.3 Å². The number of hydrogen-bond acceptors (Lipinski definition) is 5. The maximum absolute atomic E-state index is 13.3. The molecule has 8 heteroatoms. The van der Waals surface area contributed by atoms with Crippen molar-refractivity contribution in [1.82, 2.24) is 4.98 Å². The molecule has 0 bridgehead atoms. The van der Waals surface area contributed by atoms with Gasteiger partial charge in [0.2, 0.25) is 11.8 Å². The fraction of sp³-hybridized carbons (Fsp3) is 0.250. The van der Waals surface area contributed by atoms with Gasteiger partial charge in [0.25, 0.3) is 5.22 Å². The van der Waals surface area contributed by atoms with Crippen LogP contribution in [0.1, 0.15) is 20.8 Å². The number of carbonyl (C=O) groups excluding carboxylic acids is 2. The Morgan fingerprint density at radius 1 is 1.29 bits per heavy atom. The smallest absolute Gasteiger partial charge is 0.257 e. The van der Waals surface area contributed by atoms with E-state index in [0.717, 1.165) is 0 Å². The highest BCUT2D eigenvalue weighted by Crippen LogP contribution is 2.39. The second kappa shape index (κ2) is 6.83. The Labute approximate surface area is 171 Å². The molecular formula is C20H18ClN3O3S. The second-order valence-electron chi connectivity index (χ2n) is 7.06. The van der Waals surface area contributed by atoms with Gasteiger partial charge in [0, 0.05) is 11.1 Å². The quantitative estimate of drug-likeness (QED) is 0.626. The van der Waals surface area contributed by atoms with Crippen molar-refractivity contribution >= 4 is 57.7 Å². The molecule has 0 unspecified atom stereocenters. The predicted molar refractivity (Wildman–Crippen MR) is 111 cm³/mol. The monoisotopic (exact) mass is 415 g/mol. The molecule has 28 heavy (non-hydrogen) atoms. The molecule has 3 aromatic rings. The number of nitrogens with one attached hydrogen (secondary N) is 1. The number of amides is 2. The lowest BCUT2D eigenvalue weighted by Crippen LogP contribution is -2.60. The van der Waals surface area contributed by atoms with Crippen LogP contribution in [0, 0.1) is 0 Å². The maximum Gasteiger partial charge on any atom is 0.257 e. The van der Waals surface area contributed by atoms with E-state index >= 15 is 0 Å². The van der Waals surface area contributed by atoms with Gasteiger partial charge in [0.05, 0.1) is 16.6 Å². The van der Waals surface area contributed by atoms with E-state index < -0.39 is 10.8 Å². The summed E-state index contributed by atoms with van der Waals surface area (Å²) in [6.07, 6.45) is 0. The third-order valence-corrected chi connectivity index (χ3v) is 5.85. The van der Waals surface area contributed by atoms with Crippen molar-refractivity contribution in [3.63, 3.8) is 0 Å². The summed E-state index contributed by atoms with van der Waals surface area (Å²) in [7, 11) is 0. The van der Waals surface area contributed by atoms with Crippen molar-refractivity contribution in [3.8, 4) is 0 Å². The molecule has 0 aliphatic carbocycles. The molecule has 4 rings (SSSR count). The number of anilines is 2. The fourth-order valence-corrected chi connectivity index (χ4v) is 4.12. The van der Waals surface area contributed by atoms with Crippen LogP contribution in [0.25, 0.3) is 11.1 Å². The zero-order chi connectivity index (χ0) is 20.1. The molecule has 1 atom stereocenters. The second-order valence-corrected chi connectivity index (χ2v) is 8.78. The number of rotatable bonds is 3. The van der Waals surface area contributed by atoms with Crippen LogP contribution < -0.4 is 10.2 Å². The Morgan fingerprint density at radius 2 is 2.04 bits per heavy atom. The number of para-hydroxylation sites is 2. The van der Waals surface area contributed by atoms with E-state index in [0.29, 0.717) is 32.7 Å².